The third-order valence-electron chi connectivity index (χ3n) is 2.79. The van der Waals surface area contributed by atoms with Crippen LogP contribution >= 0.6 is 27.7 Å². The molecule has 0 amide bonds. The minimum atomic E-state index is -4.60. The van der Waals surface area contributed by atoms with Gasteiger partial charge in [0, 0.05) is 13.2 Å². The highest BCUT2D eigenvalue weighted by atomic mass is 79.9. The number of aromatic nitrogens is 3. The molecule has 2 aromatic heterocycles. The van der Waals surface area contributed by atoms with Gasteiger partial charge in [-0.1, -0.05) is 22.9 Å². The monoisotopic (exact) mass is 381 g/mol. The standard InChI is InChI=1S/C12H11BrF3N3OS/c1-3-21-10(13)8(20)11-18-6-4-5-17-9(12(14,15)16)7(6)19(11)2/h4-5,10H,3H2,1-2H3. The van der Waals surface area contributed by atoms with Crippen molar-refractivity contribution in [2.75, 3.05) is 5.75 Å². The lowest BCUT2D eigenvalue weighted by Crippen LogP contribution is -2.17. The van der Waals surface area contributed by atoms with Crippen molar-refractivity contribution >= 4 is 44.5 Å². The molecule has 1 atom stereocenters. The normalized spacial score (nSPS) is 13.6. The number of fused-ring (bicyclic) bond motifs is 1. The summed E-state index contributed by atoms with van der Waals surface area (Å²) in [6, 6.07) is 1.36. The van der Waals surface area contributed by atoms with Gasteiger partial charge in [-0.25, -0.2) is 9.97 Å². The Morgan fingerprint density at radius 3 is 2.76 bits per heavy atom. The van der Waals surface area contributed by atoms with Gasteiger partial charge in [0.2, 0.25) is 5.78 Å². The smallest absolute Gasteiger partial charge is 0.323 e. The number of carbonyl (C=O) groups is 1. The van der Waals surface area contributed by atoms with E-state index < -0.39 is 16.0 Å². The molecule has 0 spiro atoms. The molecule has 21 heavy (non-hydrogen) atoms. The highest BCUT2D eigenvalue weighted by molar-refractivity contribution is 9.11. The zero-order valence-corrected chi connectivity index (χ0v) is 13.5. The Balaban J connectivity index is 2.59. The number of thioether (sulfide) groups is 1. The van der Waals surface area contributed by atoms with E-state index >= 15 is 0 Å². The maximum absolute atomic E-state index is 13.0. The van der Waals surface area contributed by atoms with Gasteiger partial charge in [-0.15, -0.1) is 11.8 Å². The zero-order chi connectivity index (χ0) is 15.8. The number of pyridine rings is 1. The van der Waals surface area contributed by atoms with Crippen LogP contribution in [0.25, 0.3) is 11.0 Å². The van der Waals surface area contributed by atoms with Gasteiger partial charge in [-0.2, -0.15) is 13.2 Å². The van der Waals surface area contributed by atoms with Crippen LogP contribution in [0, 0.1) is 0 Å². The third kappa shape index (κ3) is 3.08. The molecule has 0 aliphatic rings. The first-order chi connectivity index (χ1) is 9.77. The molecule has 0 aliphatic heterocycles. The Labute approximate surface area is 131 Å². The Morgan fingerprint density at radius 1 is 1.52 bits per heavy atom. The molecule has 2 aromatic rings. The third-order valence-corrected chi connectivity index (χ3v) is 4.84. The number of carbonyl (C=O) groups excluding carboxylic acids is 1. The van der Waals surface area contributed by atoms with Crippen molar-refractivity contribution < 1.29 is 18.0 Å². The first kappa shape index (κ1) is 16.3. The summed E-state index contributed by atoms with van der Waals surface area (Å²) in [6.07, 6.45) is -3.56. The maximum atomic E-state index is 13.0. The van der Waals surface area contributed by atoms with Gasteiger partial charge < -0.3 is 4.57 Å². The first-order valence-electron chi connectivity index (χ1n) is 5.95. The number of nitrogens with zero attached hydrogens (tertiary/aromatic N) is 3. The van der Waals surface area contributed by atoms with Crippen LogP contribution in [0.3, 0.4) is 0 Å². The quantitative estimate of drug-likeness (QED) is 0.599. The van der Waals surface area contributed by atoms with Crippen LogP contribution in [0.15, 0.2) is 12.3 Å². The fourth-order valence-electron chi connectivity index (χ4n) is 1.91. The minimum Gasteiger partial charge on any atom is -0.323 e. The summed E-state index contributed by atoms with van der Waals surface area (Å²) in [5.41, 5.74) is -1.12. The Kier molecular flexibility index (Phi) is 4.62. The molecule has 0 saturated heterocycles. The molecule has 2 rings (SSSR count). The largest absolute Gasteiger partial charge is 0.435 e. The molecule has 0 fully saturated rings. The van der Waals surface area contributed by atoms with Crippen molar-refractivity contribution in [2.45, 2.75) is 17.3 Å². The van der Waals surface area contributed by atoms with Crippen LogP contribution in [0.5, 0.6) is 0 Å². The Bertz CT molecular complexity index is 686. The lowest BCUT2D eigenvalue weighted by molar-refractivity contribution is -0.140. The zero-order valence-electron chi connectivity index (χ0n) is 11.1. The number of hydrogen-bond acceptors (Lipinski definition) is 4. The Morgan fingerprint density at radius 2 is 2.19 bits per heavy atom. The maximum Gasteiger partial charge on any atom is 0.435 e. The molecule has 1 unspecified atom stereocenters. The number of hydrogen-bond donors (Lipinski definition) is 0. The topological polar surface area (TPSA) is 47.8 Å². The second kappa shape index (κ2) is 5.96. The molecule has 0 saturated carbocycles. The SMILES string of the molecule is CCSC(Br)C(=O)c1nc2ccnc(C(F)(F)F)c2n1C. The number of alkyl halides is 4. The van der Waals surface area contributed by atoms with E-state index in [0.717, 1.165) is 10.8 Å². The number of halogens is 4. The number of imidazole rings is 1. The summed E-state index contributed by atoms with van der Waals surface area (Å²) < 4.78 is 39.6. The number of aryl methyl sites for hydroxylation is 1. The van der Waals surface area contributed by atoms with Crippen LogP contribution in [0.2, 0.25) is 0 Å². The number of rotatable bonds is 4. The van der Waals surface area contributed by atoms with E-state index in [4.69, 9.17) is 0 Å². The summed E-state index contributed by atoms with van der Waals surface area (Å²) in [6.45, 7) is 1.88. The van der Waals surface area contributed by atoms with Gasteiger partial charge in [0.25, 0.3) is 0 Å². The van der Waals surface area contributed by atoms with Gasteiger partial charge in [0.1, 0.15) is 4.16 Å². The van der Waals surface area contributed by atoms with Crippen molar-refractivity contribution in [1.29, 1.82) is 0 Å². The molecular weight excluding hydrogens is 371 g/mol. The lowest BCUT2D eigenvalue weighted by Gasteiger charge is -2.09. The van der Waals surface area contributed by atoms with E-state index in [1.807, 2.05) is 6.92 Å². The van der Waals surface area contributed by atoms with Crippen molar-refractivity contribution in [3.8, 4) is 0 Å². The molecule has 0 aliphatic carbocycles. The molecule has 114 valence electrons. The summed E-state index contributed by atoms with van der Waals surface area (Å²) in [5.74, 6) is 0.307. The highest BCUT2D eigenvalue weighted by Crippen LogP contribution is 2.33. The summed E-state index contributed by atoms with van der Waals surface area (Å²) in [7, 11) is 1.38. The van der Waals surface area contributed by atoms with Gasteiger partial charge in [0.05, 0.1) is 11.0 Å². The second-order valence-electron chi connectivity index (χ2n) is 4.16. The lowest BCUT2D eigenvalue weighted by atomic mass is 10.3. The average molecular weight is 382 g/mol. The van der Waals surface area contributed by atoms with Gasteiger partial charge in [0.15, 0.2) is 11.5 Å². The average Bonchev–Trinajstić information content (AvgIpc) is 2.74. The number of ketones is 1. The van der Waals surface area contributed by atoms with Crippen LogP contribution in [0.4, 0.5) is 13.2 Å². The van der Waals surface area contributed by atoms with Crippen molar-refractivity contribution in [3.63, 3.8) is 0 Å². The van der Waals surface area contributed by atoms with E-state index in [0.29, 0.717) is 5.75 Å². The second-order valence-corrected chi connectivity index (χ2v) is 7.06. The minimum absolute atomic E-state index is 0.0219. The van der Waals surface area contributed by atoms with Crippen LogP contribution < -0.4 is 0 Å². The van der Waals surface area contributed by atoms with Gasteiger partial charge in [-0.3, -0.25) is 4.79 Å². The summed E-state index contributed by atoms with van der Waals surface area (Å²) >= 11 is 4.55. The molecule has 0 N–H and O–H groups in total. The van der Waals surface area contributed by atoms with Crippen LogP contribution in [-0.4, -0.2) is 30.2 Å². The molecule has 9 heteroatoms. The fraction of sp³-hybridized carbons (Fsp3) is 0.417. The fourth-order valence-corrected chi connectivity index (χ4v) is 3.46. The molecule has 0 bridgehead atoms. The molecule has 0 radical (unpaired) electrons. The van der Waals surface area contributed by atoms with Gasteiger partial charge in [-0.05, 0) is 11.8 Å². The highest BCUT2D eigenvalue weighted by Gasteiger charge is 2.37. The molecule has 0 aromatic carbocycles. The molecular formula is C12H11BrF3N3OS. The number of Topliss-reactive ketones (excluding diaryl/α,β-unsaturated/α-hetero) is 1. The summed E-state index contributed by atoms with van der Waals surface area (Å²) in [5, 5.41) is 0. The Hall–Kier alpha value is -1.09. The van der Waals surface area contributed by atoms with Crippen molar-refractivity contribution in [2.24, 2.45) is 7.05 Å². The van der Waals surface area contributed by atoms with E-state index in [-0.39, 0.29) is 22.6 Å². The van der Waals surface area contributed by atoms with E-state index in [1.54, 1.807) is 0 Å². The van der Waals surface area contributed by atoms with Crippen molar-refractivity contribution in [3.05, 3.63) is 23.8 Å². The first-order valence-corrected chi connectivity index (χ1v) is 7.92. The van der Waals surface area contributed by atoms with Crippen LogP contribution in [-0.2, 0) is 13.2 Å². The van der Waals surface area contributed by atoms with E-state index in [9.17, 15) is 18.0 Å². The van der Waals surface area contributed by atoms with E-state index in [2.05, 4.69) is 25.9 Å². The van der Waals surface area contributed by atoms with Crippen molar-refractivity contribution in [1.82, 2.24) is 14.5 Å². The predicted molar refractivity (Wildman–Crippen MR) is 78.7 cm³/mol. The van der Waals surface area contributed by atoms with Crippen LogP contribution in [0.1, 0.15) is 23.2 Å². The van der Waals surface area contributed by atoms with Gasteiger partial charge >= 0.3 is 6.18 Å². The predicted octanol–water partition coefficient (Wildman–Crippen LogP) is 3.64. The molecule has 2 heterocycles. The van der Waals surface area contributed by atoms with E-state index in [1.165, 1.54) is 24.9 Å². The molecule has 4 nitrogen and oxygen atoms in total. The summed E-state index contributed by atoms with van der Waals surface area (Å²) in [4.78, 5) is 19.6.